The lowest BCUT2D eigenvalue weighted by molar-refractivity contribution is 0.216. The number of unbranched alkanes of at least 4 members (excludes halogenated alkanes) is 1. The van der Waals surface area contributed by atoms with Crippen LogP contribution >= 0.6 is 0 Å². The van der Waals surface area contributed by atoms with Crippen LogP contribution in [0, 0.1) is 0 Å². The molecule has 0 bridgehead atoms. The van der Waals surface area contributed by atoms with E-state index in [1.165, 1.54) is 0 Å². The van der Waals surface area contributed by atoms with Crippen molar-refractivity contribution in [1.82, 2.24) is 4.90 Å². The van der Waals surface area contributed by atoms with E-state index < -0.39 is 9.84 Å². The second kappa shape index (κ2) is 6.37. The molecule has 0 saturated carbocycles. The molecule has 1 fully saturated rings. The van der Waals surface area contributed by atoms with Crippen LogP contribution in [0.1, 0.15) is 19.3 Å². The van der Waals surface area contributed by atoms with Gasteiger partial charge in [-0.2, -0.15) is 0 Å². The Hall–Kier alpha value is -0.390. The van der Waals surface area contributed by atoms with E-state index in [-0.39, 0.29) is 18.4 Å². The van der Waals surface area contributed by atoms with Gasteiger partial charge < -0.3 is 5.11 Å². The number of nitrogens with zero attached hydrogens (tertiary/aromatic N) is 1. The van der Waals surface area contributed by atoms with Crippen LogP contribution < -0.4 is 0 Å². The maximum absolute atomic E-state index is 11.4. The molecule has 0 amide bonds. The highest BCUT2D eigenvalue weighted by molar-refractivity contribution is 7.91. The third-order valence-electron chi connectivity index (χ3n) is 2.94. The standard InChI is InChI=1S/C11H21NO3S/c1-2-6-12(7-3-4-8-13)11-5-9-16(14,15)10-11/h2,11,13H,1,3-10H2. The summed E-state index contributed by atoms with van der Waals surface area (Å²) in [5.74, 6) is 0.589. The van der Waals surface area contributed by atoms with Crippen LogP contribution in [-0.2, 0) is 9.84 Å². The molecular formula is C11H21NO3S. The molecule has 1 aliphatic heterocycles. The summed E-state index contributed by atoms with van der Waals surface area (Å²) in [5, 5.41) is 8.72. The normalized spacial score (nSPS) is 23.8. The van der Waals surface area contributed by atoms with Crippen molar-refractivity contribution in [2.24, 2.45) is 0 Å². The molecule has 0 spiro atoms. The van der Waals surface area contributed by atoms with Crippen molar-refractivity contribution in [3.05, 3.63) is 12.7 Å². The van der Waals surface area contributed by atoms with Crippen molar-refractivity contribution < 1.29 is 13.5 Å². The average molecular weight is 247 g/mol. The predicted molar refractivity (Wildman–Crippen MR) is 65.1 cm³/mol. The highest BCUT2D eigenvalue weighted by atomic mass is 32.2. The van der Waals surface area contributed by atoms with Crippen LogP contribution in [0.3, 0.4) is 0 Å². The fourth-order valence-corrected chi connectivity index (χ4v) is 3.84. The molecule has 0 aromatic heterocycles. The fourth-order valence-electron chi connectivity index (χ4n) is 2.08. The van der Waals surface area contributed by atoms with Crippen molar-refractivity contribution in [2.75, 3.05) is 31.2 Å². The molecule has 1 rings (SSSR count). The lowest BCUT2D eigenvalue weighted by Gasteiger charge is -2.26. The Balaban J connectivity index is 2.46. The largest absolute Gasteiger partial charge is 0.396 e. The maximum Gasteiger partial charge on any atom is 0.151 e. The Morgan fingerprint density at radius 1 is 1.44 bits per heavy atom. The summed E-state index contributed by atoms with van der Waals surface area (Å²) < 4.78 is 22.8. The molecule has 94 valence electrons. The minimum absolute atomic E-state index is 0.140. The number of aliphatic hydroxyl groups excluding tert-OH is 1. The molecule has 1 unspecified atom stereocenters. The summed E-state index contributed by atoms with van der Waals surface area (Å²) in [6.45, 7) is 5.46. The van der Waals surface area contributed by atoms with E-state index in [9.17, 15) is 8.42 Å². The van der Waals surface area contributed by atoms with Crippen molar-refractivity contribution in [3.8, 4) is 0 Å². The Morgan fingerprint density at radius 3 is 2.69 bits per heavy atom. The minimum atomic E-state index is -2.81. The molecule has 0 radical (unpaired) electrons. The van der Waals surface area contributed by atoms with Gasteiger partial charge in [-0.25, -0.2) is 8.42 Å². The Labute approximate surface area is 97.9 Å². The molecule has 16 heavy (non-hydrogen) atoms. The molecule has 5 heteroatoms. The zero-order valence-corrected chi connectivity index (χ0v) is 10.5. The lowest BCUT2D eigenvalue weighted by Crippen LogP contribution is -2.37. The monoisotopic (exact) mass is 247 g/mol. The summed E-state index contributed by atoms with van der Waals surface area (Å²) in [6.07, 6.45) is 4.22. The molecule has 4 nitrogen and oxygen atoms in total. The second-order valence-electron chi connectivity index (χ2n) is 4.27. The van der Waals surface area contributed by atoms with Crippen molar-refractivity contribution in [1.29, 1.82) is 0 Å². The van der Waals surface area contributed by atoms with Gasteiger partial charge in [0.05, 0.1) is 11.5 Å². The van der Waals surface area contributed by atoms with E-state index in [2.05, 4.69) is 11.5 Å². The Bertz CT molecular complexity index is 313. The molecule has 1 atom stereocenters. The number of hydrogen-bond acceptors (Lipinski definition) is 4. The molecule has 1 aliphatic rings. The van der Waals surface area contributed by atoms with Gasteiger partial charge in [0.1, 0.15) is 0 Å². The van der Waals surface area contributed by atoms with E-state index in [1.807, 2.05) is 6.08 Å². The van der Waals surface area contributed by atoms with Crippen LogP contribution in [0.2, 0.25) is 0 Å². The first-order valence-electron chi connectivity index (χ1n) is 5.75. The topological polar surface area (TPSA) is 57.6 Å². The van der Waals surface area contributed by atoms with Gasteiger partial charge in [-0.1, -0.05) is 6.08 Å². The quantitative estimate of drug-likeness (QED) is 0.524. The first-order valence-corrected chi connectivity index (χ1v) is 7.57. The predicted octanol–water partition coefficient (Wildman–Crippen LogP) is 0.434. The molecule has 1 heterocycles. The lowest BCUT2D eigenvalue weighted by atomic mass is 10.2. The molecule has 0 aromatic carbocycles. The Kier molecular flexibility index (Phi) is 5.44. The minimum Gasteiger partial charge on any atom is -0.396 e. The smallest absolute Gasteiger partial charge is 0.151 e. The SMILES string of the molecule is C=CCN(CCCCO)C1CCS(=O)(=O)C1. The van der Waals surface area contributed by atoms with Crippen LogP contribution in [0.15, 0.2) is 12.7 Å². The van der Waals surface area contributed by atoms with Crippen molar-refractivity contribution >= 4 is 9.84 Å². The number of aliphatic hydroxyl groups is 1. The van der Waals surface area contributed by atoms with Gasteiger partial charge in [0.2, 0.25) is 0 Å². The molecule has 1 saturated heterocycles. The van der Waals surface area contributed by atoms with Gasteiger partial charge in [-0.15, -0.1) is 6.58 Å². The summed E-state index contributed by atoms with van der Waals surface area (Å²) in [6, 6.07) is 0.140. The van der Waals surface area contributed by atoms with Crippen LogP contribution in [0.4, 0.5) is 0 Å². The third kappa shape index (κ3) is 4.23. The number of rotatable bonds is 7. The molecule has 0 aromatic rings. The first kappa shape index (κ1) is 13.7. The van der Waals surface area contributed by atoms with Gasteiger partial charge in [0.25, 0.3) is 0 Å². The summed E-state index contributed by atoms with van der Waals surface area (Å²) in [5.41, 5.74) is 0. The zero-order chi connectivity index (χ0) is 12.0. The van der Waals surface area contributed by atoms with Crippen LogP contribution in [-0.4, -0.2) is 55.7 Å². The maximum atomic E-state index is 11.4. The van der Waals surface area contributed by atoms with Crippen molar-refractivity contribution in [2.45, 2.75) is 25.3 Å². The van der Waals surface area contributed by atoms with Gasteiger partial charge >= 0.3 is 0 Å². The van der Waals surface area contributed by atoms with E-state index in [0.717, 1.165) is 32.4 Å². The van der Waals surface area contributed by atoms with Crippen LogP contribution in [0.5, 0.6) is 0 Å². The summed E-state index contributed by atoms with van der Waals surface area (Å²) in [7, 11) is -2.81. The molecular weight excluding hydrogens is 226 g/mol. The highest BCUT2D eigenvalue weighted by Gasteiger charge is 2.31. The zero-order valence-electron chi connectivity index (χ0n) is 9.64. The van der Waals surface area contributed by atoms with Gasteiger partial charge in [-0.3, -0.25) is 4.90 Å². The highest BCUT2D eigenvalue weighted by Crippen LogP contribution is 2.18. The number of hydrogen-bond donors (Lipinski definition) is 1. The van der Waals surface area contributed by atoms with Gasteiger partial charge in [-0.05, 0) is 25.8 Å². The molecule has 1 N–H and O–H groups in total. The fraction of sp³-hybridized carbons (Fsp3) is 0.818. The number of sulfone groups is 1. The summed E-state index contributed by atoms with van der Waals surface area (Å²) in [4.78, 5) is 2.16. The van der Waals surface area contributed by atoms with Gasteiger partial charge in [0, 0.05) is 19.2 Å². The first-order chi connectivity index (χ1) is 7.59. The van der Waals surface area contributed by atoms with Crippen LogP contribution in [0.25, 0.3) is 0 Å². The van der Waals surface area contributed by atoms with Crippen molar-refractivity contribution in [3.63, 3.8) is 0 Å². The second-order valence-corrected chi connectivity index (χ2v) is 6.50. The Morgan fingerprint density at radius 2 is 2.19 bits per heavy atom. The van der Waals surface area contributed by atoms with E-state index in [4.69, 9.17) is 5.11 Å². The summed E-state index contributed by atoms with van der Waals surface area (Å²) >= 11 is 0. The van der Waals surface area contributed by atoms with E-state index >= 15 is 0 Å². The van der Waals surface area contributed by atoms with E-state index in [0.29, 0.717) is 5.75 Å². The third-order valence-corrected chi connectivity index (χ3v) is 4.69. The van der Waals surface area contributed by atoms with E-state index in [1.54, 1.807) is 0 Å². The van der Waals surface area contributed by atoms with Gasteiger partial charge in [0.15, 0.2) is 9.84 Å². The molecule has 0 aliphatic carbocycles. The average Bonchev–Trinajstić information content (AvgIpc) is 2.58.